The monoisotopic (exact) mass is 358 g/mol. The molecule has 0 aliphatic heterocycles. The second-order valence-electron chi connectivity index (χ2n) is 6.95. The average molecular weight is 359 g/mol. The number of carbonyl (C=O) groups excluding carboxylic acids is 1. The van der Waals surface area contributed by atoms with Gasteiger partial charge in [-0.15, -0.1) is 11.8 Å². The fraction of sp³-hybridized carbons (Fsp3) is 0.350. The van der Waals surface area contributed by atoms with Gasteiger partial charge in [0.2, 0.25) is 0 Å². The van der Waals surface area contributed by atoms with Gasteiger partial charge in [0.1, 0.15) is 0 Å². The van der Waals surface area contributed by atoms with Gasteiger partial charge in [0, 0.05) is 17.1 Å². The number of aliphatic hydroxyl groups excluding tert-OH is 1. The van der Waals surface area contributed by atoms with E-state index in [0.717, 1.165) is 16.1 Å². The lowest BCUT2D eigenvalue weighted by Gasteiger charge is -2.19. The summed E-state index contributed by atoms with van der Waals surface area (Å²) in [6.45, 7) is 6.60. The molecule has 1 atom stereocenters. The maximum absolute atomic E-state index is 12.0. The van der Waals surface area contributed by atoms with Crippen molar-refractivity contribution < 1.29 is 9.90 Å². The van der Waals surface area contributed by atoms with Crippen LogP contribution in [0.1, 0.15) is 38.0 Å². The van der Waals surface area contributed by atoms with Crippen molar-refractivity contribution in [2.75, 3.05) is 18.1 Å². The Morgan fingerprint density at radius 3 is 2.20 bits per heavy atom. The van der Waals surface area contributed by atoms with Crippen LogP contribution in [-0.4, -0.2) is 23.9 Å². The van der Waals surface area contributed by atoms with Crippen LogP contribution in [0.15, 0.2) is 53.4 Å². The Labute approximate surface area is 154 Å². The van der Waals surface area contributed by atoms with E-state index in [1.54, 1.807) is 11.8 Å². The second kappa shape index (κ2) is 8.41. The van der Waals surface area contributed by atoms with Gasteiger partial charge < -0.3 is 15.7 Å². The molecule has 0 saturated heterocycles. The highest BCUT2D eigenvalue weighted by Gasteiger charge is 2.13. The van der Waals surface area contributed by atoms with E-state index in [2.05, 4.69) is 31.4 Å². The van der Waals surface area contributed by atoms with Crippen LogP contribution >= 0.6 is 11.8 Å². The van der Waals surface area contributed by atoms with E-state index < -0.39 is 6.10 Å². The molecular formula is C20H26N2O2S. The highest BCUT2D eigenvalue weighted by atomic mass is 32.2. The van der Waals surface area contributed by atoms with Crippen molar-refractivity contribution in [1.29, 1.82) is 0 Å². The topological polar surface area (TPSA) is 61.4 Å². The van der Waals surface area contributed by atoms with Crippen LogP contribution in [-0.2, 0) is 5.41 Å². The molecule has 3 N–H and O–H groups in total. The lowest BCUT2D eigenvalue weighted by Crippen LogP contribution is -2.32. The van der Waals surface area contributed by atoms with Crippen molar-refractivity contribution in [3.05, 3.63) is 59.7 Å². The molecule has 5 heteroatoms. The van der Waals surface area contributed by atoms with Gasteiger partial charge in [-0.25, -0.2) is 4.79 Å². The summed E-state index contributed by atoms with van der Waals surface area (Å²) in [6.07, 6.45) is 1.27. The average Bonchev–Trinajstić information content (AvgIpc) is 2.59. The normalized spacial score (nSPS) is 12.5. The number of urea groups is 1. The van der Waals surface area contributed by atoms with Gasteiger partial charge >= 0.3 is 6.03 Å². The van der Waals surface area contributed by atoms with Gasteiger partial charge in [0.25, 0.3) is 0 Å². The summed E-state index contributed by atoms with van der Waals surface area (Å²) >= 11 is 1.65. The fourth-order valence-electron chi connectivity index (χ4n) is 2.36. The molecule has 0 heterocycles. The van der Waals surface area contributed by atoms with E-state index in [4.69, 9.17) is 0 Å². The summed E-state index contributed by atoms with van der Waals surface area (Å²) in [5.74, 6) is 0. The standard InChI is InChI=1S/C20H26N2O2S/c1-20(2,3)15-7-9-16(10-8-15)22-19(24)21-13-18(23)14-5-11-17(25-4)12-6-14/h5-12,18,23H,13H2,1-4H3,(H2,21,22,24). The minimum atomic E-state index is -0.732. The molecule has 0 spiro atoms. The first-order chi connectivity index (χ1) is 11.8. The number of nitrogens with one attached hydrogen (secondary N) is 2. The fourth-order valence-corrected chi connectivity index (χ4v) is 2.77. The number of hydrogen-bond donors (Lipinski definition) is 3. The third kappa shape index (κ3) is 5.80. The number of aliphatic hydroxyl groups is 1. The maximum Gasteiger partial charge on any atom is 0.319 e. The number of hydrogen-bond acceptors (Lipinski definition) is 3. The number of rotatable bonds is 5. The molecule has 0 aromatic heterocycles. The highest BCUT2D eigenvalue weighted by molar-refractivity contribution is 7.98. The molecule has 0 aliphatic carbocycles. The summed E-state index contributed by atoms with van der Waals surface area (Å²) in [7, 11) is 0. The van der Waals surface area contributed by atoms with Crippen molar-refractivity contribution in [3.63, 3.8) is 0 Å². The number of carbonyl (C=O) groups is 1. The predicted octanol–water partition coefficient (Wildman–Crippen LogP) is 4.56. The highest BCUT2D eigenvalue weighted by Crippen LogP contribution is 2.23. The van der Waals surface area contributed by atoms with Gasteiger partial charge in [-0.05, 0) is 47.1 Å². The van der Waals surface area contributed by atoms with Gasteiger partial charge in [-0.1, -0.05) is 45.0 Å². The predicted molar refractivity (Wildman–Crippen MR) is 105 cm³/mol. The van der Waals surface area contributed by atoms with Crippen molar-refractivity contribution in [2.45, 2.75) is 37.2 Å². The Bertz CT molecular complexity index is 691. The quantitative estimate of drug-likeness (QED) is 0.687. The lowest BCUT2D eigenvalue weighted by atomic mass is 9.87. The zero-order valence-electron chi connectivity index (χ0n) is 15.2. The molecule has 1 unspecified atom stereocenters. The van der Waals surface area contributed by atoms with Crippen LogP contribution in [0, 0.1) is 0 Å². The summed E-state index contributed by atoms with van der Waals surface area (Å²) < 4.78 is 0. The Balaban J connectivity index is 1.85. The van der Waals surface area contributed by atoms with E-state index in [1.807, 2.05) is 54.8 Å². The molecule has 0 radical (unpaired) electrons. The van der Waals surface area contributed by atoms with E-state index in [1.165, 1.54) is 5.56 Å². The first-order valence-electron chi connectivity index (χ1n) is 8.27. The molecular weight excluding hydrogens is 332 g/mol. The zero-order chi connectivity index (χ0) is 18.4. The molecule has 4 nitrogen and oxygen atoms in total. The molecule has 2 aromatic rings. The molecule has 0 fully saturated rings. The number of amides is 2. The second-order valence-corrected chi connectivity index (χ2v) is 7.83. The van der Waals surface area contributed by atoms with E-state index in [0.29, 0.717) is 0 Å². The maximum atomic E-state index is 12.0. The van der Waals surface area contributed by atoms with E-state index in [9.17, 15) is 9.90 Å². The molecule has 2 aromatic carbocycles. The number of anilines is 1. The molecule has 0 bridgehead atoms. The molecule has 25 heavy (non-hydrogen) atoms. The number of benzene rings is 2. The summed E-state index contributed by atoms with van der Waals surface area (Å²) in [6, 6.07) is 15.1. The van der Waals surface area contributed by atoms with Crippen LogP contribution < -0.4 is 10.6 Å². The van der Waals surface area contributed by atoms with E-state index in [-0.39, 0.29) is 18.0 Å². The van der Waals surface area contributed by atoms with Crippen LogP contribution in [0.4, 0.5) is 10.5 Å². The van der Waals surface area contributed by atoms with Crippen molar-refractivity contribution in [2.24, 2.45) is 0 Å². The molecule has 2 rings (SSSR count). The van der Waals surface area contributed by atoms with Crippen LogP contribution in [0.5, 0.6) is 0 Å². The van der Waals surface area contributed by atoms with Gasteiger partial charge in [-0.3, -0.25) is 0 Å². The molecule has 0 aliphatic rings. The Kier molecular flexibility index (Phi) is 6.51. The molecule has 2 amide bonds. The number of thioether (sulfide) groups is 1. The third-order valence-electron chi connectivity index (χ3n) is 3.97. The van der Waals surface area contributed by atoms with Gasteiger partial charge in [-0.2, -0.15) is 0 Å². The van der Waals surface area contributed by atoms with Crippen molar-refractivity contribution >= 4 is 23.5 Å². The summed E-state index contributed by atoms with van der Waals surface area (Å²) in [4.78, 5) is 13.1. The van der Waals surface area contributed by atoms with Crippen molar-refractivity contribution in [3.8, 4) is 0 Å². The summed E-state index contributed by atoms with van der Waals surface area (Å²) in [5.41, 5.74) is 2.80. The first kappa shape index (κ1) is 19.3. The van der Waals surface area contributed by atoms with Crippen LogP contribution in [0.25, 0.3) is 0 Å². The van der Waals surface area contributed by atoms with Crippen LogP contribution in [0.2, 0.25) is 0 Å². The molecule has 134 valence electrons. The molecule has 0 saturated carbocycles. The Hall–Kier alpha value is -1.98. The SMILES string of the molecule is CSc1ccc(C(O)CNC(=O)Nc2ccc(C(C)(C)C)cc2)cc1. The van der Waals surface area contributed by atoms with Gasteiger partial charge in [0.15, 0.2) is 0 Å². The first-order valence-corrected chi connectivity index (χ1v) is 9.49. The summed E-state index contributed by atoms with van der Waals surface area (Å²) in [5, 5.41) is 15.7. The zero-order valence-corrected chi connectivity index (χ0v) is 16.0. The minimum absolute atomic E-state index is 0.0801. The van der Waals surface area contributed by atoms with Crippen LogP contribution in [0.3, 0.4) is 0 Å². The van der Waals surface area contributed by atoms with Crippen molar-refractivity contribution in [1.82, 2.24) is 5.32 Å². The Morgan fingerprint density at radius 2 is 1.68 bits per heavy atom. The smallest absolute Gasteiger partial charge is 0.319 e. The lowest BCUT2D eigenvalue weighted by molar-refractivity contribution is 0.175. The van der Waals surface area contributed by atoms with E-state index >= 15 is 0 Å². The largest absolute Gasteiger partial charge is 0.387 e. The minimum Gasteiger partial charge on any atom is -0.387 e. The van der Waals surface area contributed by atoms with Gasteiger partial charge in [0.05, 0.1) is 6.10 Å². The third-order valence-corrected chi connectivity index (χ3v) is 4.71. The Morgan fingerprint density at radius 1 is 1.08 bits per heavy atom.